The fraction of sp³-hybridized carbons (Fsp3) is 0.235. The highest BCUT2D eigenvalue weighted by molar-refractivity contribution is 7.07. The van der Waals surface area contributed by atoms with E-state index < -0.39 is 0 Å². The molecule has 0 aliphatic rings. The van der Waals surface area contributed by atoms with Crippen LogP contribution in [0.4, 0.5) is 0 Å². The van der Waals surface area contributed by atoms with Crippen LogP contribution in [0, 0.1) is 0 Å². The molecule has 21 heavy (non-hydrogen) atoms. The van der Waals surface area contributed by atoms with Crippen molar-refractivity contribution < 1.29 is 4.79 Å². The molecule has 108 valence electrons. The highest BCUT2D eigenvalue weighted by Crippen LogP contribution is 2.17. The predicted octanol–water partition coefficient (Wildman–Crippen LogP) is 3.60. The lowest BCUT2D eigenvalue weighted by Crippen LogP contribution is -2.33. The fourth-order valence-corrected chi connectivity index (χ4v) is 3.21. The minimum absolute atomic E-state index is 0.0131. The third-order valence-electron chi connectivity index (χ3n) is 3.65. The monoisotopic (exact) mass is 298 g/mol. The summed E-state index contributed by atoms with van der Waals surface area (Å²) < 4.78 is 2.03. The van der Waals surface area contributed by atoms with E-state index >= 15 is 0 Å². The van der Waals surface area contributed by atoms with Gasteiger partial charge in [0.2, 0.25) is 0 Å². The van der Waals surface area contributed by atoms with Crippen LogP contribution in [0.25, 0.3) is 10.9 Å². The SMILES string of the molecule is CC(Cc1ccsc1)NC(=O)c1ccc2ccn(C)c2c1. The lowest BCUT2D eigenvalue weighted by atomic mass is 10.1. The Hall–Kier alpha value is -2.07. The maximum atomic E-state index is 12.3. The maximum absolute atomic E-state index is 12.3. The van der Waals surface area contributed by atoms with Crippen molar-refractivity contribution in [2.45, 2.75) is 19.4 Å². The molecule has 0 saturated carbocycles. The van der Waals surface area contributed by atoms with Gasteiger partial charge in [-0.2, -0.15) is 11.3 Å². The quantitative estimate of drug-likeness (QED) is 0.784. The van der Waals surface area contributed by atoms with Crippen LogP contribution >= 0.6 is 11.3 Å². The van der Waals surface area contributed by atoms with Crippen LogP contribution in [0.5, 0.6) is 0 Å². The molecule has 0 bridgehead atoms. The van der Waals surface area contributed by atoms with E-state index in [2.05, 4.69) is 28.2 Å². The van der Waals surface area contributed by atoms with E-state index in [4.69, 9.17) is 0 Å². The zero-order chi connectivity index (χ0) is 14.8. The Balaban J connectivity index is 1.72. The number of thiophene rings is 1. The van der Waals surface area contributed by atoms with Crippen molar-refractivity contribution in [1.82, 2.24) is 9.88 Å². The second-order valence-corrected chi connectivity index (χ2v) is 6.19. The molecule has 0 aliphatic heterocycles. The molecule has 0 aliphatic carbocycles. The zero-order valence-electron chi connectivity index (χ0n) is 12.2. The van der Waals surface area contributed by atoms with E-state index in [9.17, 15) is 4.79 Å². The third-order valence-corrected chi connectivity index (χ3v) is 4.38. The Labute approximate surface area is 128 Å². The van der Waals surface area contributed by atoms with Crippen LogP contribution in [0.3, 0.4) is 0 Å². The van der Waals surface area contributed by atoms with E-state index in [1.807, 2.05) is 42.9 Å². The molecule has 3 aromatic rings. The van der Waals surface area contributed by atoms with Gasteiger partial charge in [0.25, 0.3) is 5.91 Å². The smallest absolute Gasteiger partial charge is 0.251 e. The number of carbonyl (C=O) groups excluding carboxylic acids is 1. The summed E-state index contributed by atoms with van der Waals surface area (Å²) in [5.74, 6) is -0.0131. The van der Waals surface area contributed by atoms with Gasteiger partial charge in [0.1, 0.15) is 0 Å². The third kappa shape index (κ3) is 3.00. The van der Waals surface area contributed by atoms with Gasteiger partial charge in [0.15, 0.2) is 0 Å². The number of aromatic nitrogens is 1. The number of hydrogen-bond donors (Lipinski definition) is 1. The molecule has 0 saturated heterocycles. The molecule has 1 unspecified atom stereocenters. The number of benzene rings is 1. The molecule has 2 aromatic heterocycles. The minimum Gasteiger partial charge on any atom is -0.351 e. The van der Waals surface area contributed by atoms with Crippen LogP contribution < -0.4 is 5.32 Å². The first-order chi connectivity index (χ1) is 10.1. The van der Waals surface area contributed by atoms with Crippen LogP contribution in [0.1, 0.15) is 22.8 Å². The van der Waals surface area contributed by atoms with Crippen LogP contribution in [0.15, 0.2) is 47.3 Å². The average Bonchev–Trinajstić information content (AvgIpc) is 3.09. The topological polar surface area (TPSA) is 34.0 Å². The molecule has 3 nitrogen and oxygen atoms in total. The number of carbonyl (C=O) groups is 1. The molecule has 0 radical (unpaired) electrons. The Kier molecular flexibility index (Phi) is 3.80. The first kappa shape index (κ1) is 13.9. The summed E-state index contributed by atoms with van der Waals surface area (Å²) in [4.78, 5) is 12.3. The number of aryl methyl sites for hydroxylation is 1. The van der Waals surface area contributed by atoms with Gasteiger partial charge in [-0.15, -0.1) is 0 Å². The van der Waals surface area contributed by atoms with E-state index in [1.54, 1.807) is 11.3 Å². The molecule has 0 spiro atoms. The van der Waals surface area contributed by atoms with Crippen molar-refractivity contribution >= 4 is 28.1 Å². The molecule has 3 rings (SSSR count). The van der Waals surface area contributed by atoms with E-state index in [0.717, 1.165) is 17.3 Å². The largest absolute Gasteiger partial charge is 0.351 e. The summed E-state index contributed by atoms with van der Waals surface area (Å²) in [5.41, 5.74) is 3.06. The molecular weight excluding hydrogens is 280 g/mol. The van der Waals surface area contributed by atoms with Gasteiger partial charge >= 0.3 is 0 Å². The lowest BCUT2D eigenvalue weighted by Gasteiger charge is -2.13. The number of amides is 1. The summed E-state index contributed by atoms with van der Waals surface area (Å²) in [6, 6.07) is 10.1. The number of fused-ring (bicyclic) bond motifs is 1. The number of nitrogens with one attached hydrogen (secondary N) is 1. The van der Waals surface area contributed by atoms with E-state index in [0.29, 0.717) is 5.56 Å². The first-order valence-electron chi connectivity index (χ1n) is 7.00. The van der Waals surface area contributed by atoms with E-state index in [-0.39, 0.29) is 11.9 Å². The summed E-state index contributed by atoms with van der Waals surface area (Å²) in [7, 11) is 1.99. The number of nitrogens with zero attached hydrogens (tertiary/aromatic N) is 1. The van der Waals surface area contributed by atoms with Crippen molar-refractivity contribution in [3.8, 4) is 0 Å². The first-order valence-corrected chi connectivity index (χ1v) is 7.95. The average molecular weight is 298 g/mol. The van der Waals surface area contributed by atoms with Crippen molar-refractivity contribution in [3.63, 3.8) is 0 Å². The van der Waals surface area contributed by atoms with Gasteiger partial charge in [-0.25, -0.2) is 0 Å². The highest BCUT2D eigenvalue weighted by Gasteiger charge is 2.11. The Morgan fingerprint density at radius 3 is 2.95 bits per heavy atom. The maximum Gasteiger partial charge on any atom is 0.251 e. The van der Waals surface area contributed by atoms with Gasteiger partial charge in [0, 0.05) is 30.4 Å². The van der Waals surface area contributed by atoms with Crippen molar-refractivity contribution in [3.05, 3.63) is 58.4 Å². The Morgan fingerprint density at radius 1 is 1.33 bits per heavy atom. The molecule has 4 heteroatoms. The summed E-state index contributed by atoms with van der Waals surface area (Å²) in [5, 5.41) is 8.41. The summed E-state index contributed by atoms with van der Waals surface area (Å²) >= 11 is 1.69. The van der Waals surface area contributed by atoms with Gasteiger partial charge in [-0.3, -0.25) is 4.79 Å². The highest BCUT2D eigenvalue weighted by atomic mass is 32.1. The van der Waals surface area contributed by atoms with Crippen molar-refractivity contribution in [1.29, 1.82) is 0 Å². The molecule has 1 N–H and O–H groups in total. The molecule has 0 fully saturated rings. The van der Waals surface area contributed by atoms with E-state index in [1.165, 1.54) is 5.56 Å². The van der Waals surface area contributed by atoms with Gasteiger partial charge in [-0.05, 0) is 59.3 Å². The molecule has 1 atom stereocenters. The normalized spacial score (nSPS) is 12.5. The summed E-state index contributed by atoms with van der Waals surface area (Å²) in [6.45, 7) is 2.04. The standard InChI is InChI=1S/C17H18N2OS/c1-12(9-13-6-8-21-11-13)18-17(20)15-4-3-14-5-7-19(2)16(14)10-15/h3-8,10-12H,9H2,1-2H3,(H,18,20). The summed E-state index contributed by atoms with van der Waals surface area (Å²) in [6.07, 6.45) is 2.87. The molecule has 1 amide bonds. The molecule has 1 aromatic carbocycles. The van der Waals surface area contributed by atoms with Crippen LogP contribution in [0.2, 0.25) is 0 Å². The molecular formula is C17H18N2OS. The zero-order valence-corrected chi connectivity index (χ0v) is 13.0. The Morgan fingerprint density at radius 2 is 2.19 bits per heavy atom. The van der Waals surface area contributed by atoms with Crippen LogP contribution in [-0.4, -0.2) is 16.5 Å². The number of hydrogen-bond acceptors (Lipinski definition) is 2. The molecule has 2 heterocycles. The minimum atomic E-state index is -0.0131. The fourth-order valence-electron chi connectivity index (χ4n) is 2.52. The Bertz CT molecular complexity index is 758. The predicted molar refractivity (Wildman–Crippen MR) is 87.9 cm³/mol. The second kappa shape index (κ2) is 5.74. The second-order valence-electron chi connectivity index (χ2n) is 5.41. The van der Waals surface area contributed by atoms with Gasteiger partial charge in [0.05, 0.1) is 0 Å². The van der Waals surface area contributed by atoms with Crippen molar-refractivity contribution in [2.24, 2.45) is 7.05 Å². The number of rotatable bonds is 4. The lowest BCUT2D eigenvalue weighted by molar-refractivity contribution is 0.0940. The van der Waals surface area contributed by atoms with Gasteiger partial charge < -0.3 is 9.88 Å². The van der Waals surface area contributed by atoms with Crippen LogP contribution in [-0.2, 0) is 13.5 Å². The van der Waals surface area contributed by atoms with Gasteiger partial charge in [-0.1, -0.05) is 6.07 Å². The van der Waals surface area contributed by atoms with Crippen molar-refractivity contribution in [2.75, 3.05) is 0 Å².